The average molecular weight is 491 g/mol. The second-order valence-electron chi connectivity index (χ2n) is 9.22. The molecule has 5 rings (SSSR count). The fourth-order valence-corrected chi connectivity index (χ4v) is 6.45. The summed E-state index contributed by atoms with van der Waals surface area (Å²) in [6, 6.07) is 7.74. The summed E-state index contributed by atoms with van der Waals surface area (Å²) in [4.78, 5) is 22.2. The van der Waals surface area contributed by atoms with Crippen molar-refractivity contribution in [1.82, 2.24) is 9.88 Å². The van der Waals surface area contributed by atoms with Crippen molar-refractivity contribution in [2.45, 2.75) is 39.0 Å². The van der Waals surface area contributed by atoms with Gasteiger partial charge in [-0.1, -0.05) is 6.07 Å². The Labute approximate surface area is 202 Å². The number of carbonyl (C=O) groups excluding carboxylic acids is 1. The van der Waals surface area contributed by atoms with Crippen LogP contribution in [0.1, 0.15) is 52.2 Å². The molecule has 0 bridgehead atoms. The lowest BCUT2D eigenvalue weighted by molar-refractivity contribution is 0.0745. The number of halogens is 1. The van der Waals surface area contributed by atoms with Gasteiger partial charge >= 0.3 is 0 Å². The van der Waals surface area contributed by atoms with E-state index in [2.05, 4.69) is 22.9 Å². The number of nitrogens with zero attached hydrogens (tertiary/aromatic N) is 4. The van der Waals surface area contributed by atoms with Crippen LogP contribution >= 0.6 is 12.4 Å². The molecule has 3 fully saturated rings. The Hall–Kier alpha value is -2.32. The molecule has 1 aliphatic carbocycles. The zero-order chi connectivity index (χ0) is 22.5. The highest BCUT2D eigenvalue weighted by molar-refractivity contribution is 7.93. The quantitative estimate of drug-likeness (QED) is 0.655. The predicted molar refractivity (Wildman–Crippen MR) is 133 cm³/mol. The number of aromatic nitrogens is 1. The van der Waals surface area contributed by atoms with Gasteiger partial charge in [0.1, 0.15) is 5.82 Å². The highest BCUT2D eigenvalue weighted by atomic mass is 35.5. The Kier molecular flexibility index (Phi) is 6.60. The maximum absolute atomic E-state index is 13.4. The molecule has 0 radical (unpaired) electrons. The standard InChI is InChI=1S/C24H30N4O3S.ClH/c1-17-14-18(2)23(25-16-17)26-9-11-27(12-10-26)24(29)21-7-6-20(15-22(21)19-4-5-19)28-8-3-13-32(28,30)31;/h6-7,14-16,19H,3-5,8-13H2,1-2H3;1H. The van der Waals surface area contributed by atoms with Crippen LogP contribution in [0.15, 0.2) is 30.5 Å². The first-order valence-corrected chi connectivity index (χ1v) is 13.1. The predicted octanol–water partition coefficient (Wildman–Crippen LogP) is 3.50. The Morgan fingerprint density at radius 3 is 2.36 bits per heavy atom. The SMILES string of the molecule is Cc1cnc(N2CCN(C(=O)c3ccc(N4CCCS4(=O)=O)cc3C3CC3)CC2)c(C)c1.Cl. The number of benzene rings is 1. The molecule has 9 heteroatoms. The van der Waals surface area contributed by atoms with Gasteiger partial charge in [-0.05, 0) is 73.9 Å². The van der Waals surface area contributed by atoms with Crippen molar-refractivity contribution in [2.24, 2.45) is 0 Å². The first-order valence-electron chi connectivity index (χ1n) is 11.5. The van der Waals surface area contributed by atoms with Gasteiger partial charge in [0.05, 0.1) is 11.4 Å². The van der Waals surface area contributed by atoms with Crippen LogP contribution < -0.4 is 9.21 Å². The Morgan fingerprint density at radius 2 is 1.76 bits per heavy atom. The third kappa shape index (κ3) is 4.68. The molecule has 178 valence electrons. The average Bonchev–Trinajstić information content (AvgIpc) is 3.56. The van der Waals surface area contributed by atoms with Gasteiger partial charge in [0, 0.05) is 44.5 Å². The number of amides is 1. The van der Waals surface area contributed by atoms with Crippen LogP contribution in [0.2, 0.25) is 0 Å². The first-order chi connectivity index (χ1) is 15.3. The van der Waals surface area contributed by atoms with Crippen molar-refractivity contribution in [1.29, 1.82) is 0 Å². The fraction of sp³-hybridized carbons (Fsp3) is 0.500. The highest BCUT2D eigenvalue weighted by Gasteiger charge is 2.34. The van der Waals surface area contributed by atoms with Crippen molar-refractivity contribution in [3.05, 3.63) is 52.7 Å². The van der Waals surface area contributed by atoms with Crippen LogP contribution in [0.4, 0.5) is 11.5 Å². The van der Waals surface area contributed by atoms with Gasteiger partial charge in [-0.25, -0.2) is 13.4 Å². The molecule has 0 spiro atoms. The van der Waals surface area contributed by atoms with Gasteiger partial charge < -0.3 is 9.80 Å². The van der Waals surface area contributed by atoms with Gasteiger partial charge in [-0.3, -0.25) is 9.10 Å². The van der Waals surface area contributed by atoms with E-state index >= 15 is 0 Å². The summed E-state index contributed by atoms with van der Waals surface area (Å²) in [5.41, 5.74) is 4.75. The summed E-state index contributed by atoms with van der Waals surface area (Å²) in [7, 11) is -3.23. The number of aryl methyl sites for hydroxylation is 2. The summed E-state index contributed by atoms with van der Waals surface area (Å²) in [5, 5.41) is 0. The maximum atomic E-state index is 13.4. The summed E-state index contributed by atoms with van der Waals surface area (Å²) < 4.78 is 26.2. The molecule has 3 heterocycles. The molecule has 0 unspecified atom stereocenters. The molecular formula is C24H31ClN4O3S. The molecule has 1 aromatic heterocycles. The van der Waals surface area contributed by atoms with Crippen LogP contribution in [-0.4, -0.2) is 62.7 Å². The topological polar surface area (TPSA) is 73.8 Å². The van der Waals surface area contributed by atoms with E-state index in [1.54, 1.807) is 6.07 Å². The lowest BCUT2D eigenvalue weighted by atomic mass is 10.0. The lowest BCUT2D eigenvalue weighted by Gasteiger charge is -2.36. The van der Waals surface area contributed by atoms with Gasteiger partial charge in [0.15, 0.2) is 0 Å². The highest BCUT2D eigenvalue weighted by Crippen LogP contribution is 2.43. The second kappa shape index (κ2) is 9.14. The maximum Gasteiger partial charge on any atom is 0.254 e. The normalized spacial score (nSPS) is 20.0. The zero-order valence-electron chi connectivity index (χ0n) is 19.2. The number of carbonyl (C=O) groups is 1. The van der Waals surface area contributed by atoms with Crippen molar-refractivity contribution < 1.29 is 13.2 Å². The Bertz CT molecular complexity index is 1160. The van der Waals surface area contributed by atoms with Crippen LogP contribution in [0.5, 0.6) is 0 Å². The molecule has 2 aromatic rings. The van der Waals surface area contributed by atoms with Crippen LogP contribution in [0, 0.1) is 13.8 Å². The number of hydrogen-bond donors (Lipinski definition) is 0. The largest absolute Gasteiger partial charge is 0.353 e. The molecule has 1 amide bonds. The van der Waals surface area contributed by atoms with E-state index in [4.69, 9.17) is 0 Å². The minimum Gasteiger partial charge on any atom is -0.353 e. The van der Waals surface area contributed by atoms with Crippen LogP contribution in [0.3, 0.4) is 0 Å². The van der Waals surface area contributed by atoms with Crippen molar-refractivity contribution in [2.75, 3.05) is 47.7 Å². The molecular weight excluding hydrogens is 460 g/mol. The number of anilines is 2. The molecule has 0 N–H and O–H groups in total. The molecule has 1 saturated carbocycles. The van der Waals surface area contributed by atoms with Gasteiger partial charge in [-0.15, -0.1) is 12.4 Å². The Morgan fingerprint density at radius 1 is 1.03 bits per heavy atom. The van der Waals surface area contributed by atoms with E-state index in [-0.39, 0.29) is 24.1 Å². The van der Waals surface area contributed by atoms with Crippen molar-refractivity contribution >= 4 is 39.8 Å². The number of hydrogen-bond acceptors (Lipinski definition) is 5. The van der Waals surface area contributed by atoms with E-state index in [1.165, 1.54) is 4.31 Å². The number of sulfonamides is 1. The van der Waals surface area contributed by atoms with E-state index in [0.717, 1.165) is 54.0 Å². The zero-order valence-corrected chi connectivity index (χ0v) is 20.8. The molecule has 2 saturated heterocycles. The van der Waals surface area contributed by atoms with E-state index < -0.39 is 10.0 Å². The van der Waals surface area contributed by atoms with E-state index in [0.29, 0.717) is 37.7 Å². The smallest absolute Gasteiger partial charge is 0.254 e. The molecule has 7 nitrogen and oxygen atoms in total. The molecule has 33 heavy (non-hydrogen) atoms. The van der Waals surface area contributed by atoms with E-state index in [9.17, 15) is 13.2 Å². The third-order valence-corrected chi connectivity index (χ3v) is 8.59. The van der Waals surface area contributed by atoms with E-state index in [1.807, 2.05) is 30.2 Å². The van der Waals surface area contributed by atoms with Gasteiger partial charge in [0.25, 0.3) is 5.91 Å². The van der Waals surface area contributed by atoms with Crippen LogP contribution in [-0.2, 0) is 10.0 Å². The van der Waals surface area contributed by atoms with Crippen LogP contribution in [0.25, 0.3) is 0 Å². The molecule has 3 aliphatic rings. The fourth-order valence-electron chi connectivity index (χ4n) is 4.89. The monoisotopic (exact) mass is 490 g/mol. The minimum atomic E-state index is -3.23. The van der Waals surface area contributed by atoms with Gasteiger partial charge in [0.2, 0.25) is 10.0 Å². The summed E-state index contributed by atoms with van der Waals surface area (Å²) >= 11 is 0. The number of pyridine rings is 1. The third-order valence-electron chi connectivity index (χ3n) is 6.72. The lowest BCUT2D eigenvalue weighted by Crippen LogP contribution is -2.49. The Balaban J connectivity index is 0.00000259. The van der Waals surface area contributed by atoms with Crippen molar-refractivity contribution in [3.8, 4) is 0 Å². The summed E-state index contributed by atoms with van der Waals surface area (Å²) in [6.07, 6.45) is 4.66. The molecule has 1 aromatic carbocycles. The first kappa shape index (κ1) is 23.8. The second-order valence-corrected chi connectivity index (χ2v) is 11.2. The van der Waals surface area contributed by atoms with Gasteiger partial charge in [-0.2, -0.15) is 0 Å². The van der Waals surface area contributed by atoms with Crippen molar-refractivity contribution in [3.63, 3.8) is 0 Å². The summed E-state index contributed by atoms with van der Waals surface area (Å²) in [6.45, 7) is 7.46. The number of piperazine rings is 1. The molecule has 2 aliphatic heterocycles. The minimum absolute atomic E-state index is 0. The number of rotatable bonds is 4. The summed E-state index contributed by atoms with van der Waals surface area (Å²) in [5.74, 6) is 1.61. The molecule has 0 atom stereocenters.